The van der Waals surface area contributed by atoms with Gasteiger partial charge in [0.2, 0.25) is 11.8 Å². The Hall–Kier alpha value is -1.88. The zero-order valence-electron chi connectivity index (χ0n) is 15.3. The molecule has 0 heterocycles. The smallest absolute Gasteiger partial charge is 0.229 e. The van der Waals surface area contributed by atoms with Crippen molar-refractivity contribution in [2.75, 3.05) is 5.32 Å². The van der Waals surface area contributed by atoms with Crippen LogP contribution in [0.2, 0.25) is 0 Å². The SMILES string of the molecule is CC(=O)N(Cc1ccc(NC(=O)C2CCCCC2(C)N)cc1)C1CC1. The van der Waals surface area contributed by atoms with Crippen LogP contribution in [0, 0.1) is 5.92 Å². The van der Waals surface area contributed by atoms with E-state index in [-0.39, 0.29) is 17.7 Å². The van der Waals surface area contributed by atoms with E-state index < -0.39 is 5.54 Å². The van der Waals surface area contributed by atoms with E-state index in [2.05, 4.69) is 5.32 Å². The predicted molar refractivity (Wildman–Crippen MR) is 98.9 cm³/mol. The van der Waals surface area contributed by atoms with Crippen LogP contribution in [0.15, 0.2) is 24.3 Å². The van der Waals surface area contributed by atoms with Gasteiger partial charge in [-0.05, 0) is 50.3 Å². The molecule has 136 valence electrons. The first-order chi connectivity index (χ1) is 11.9. The normalized spacial score (nSPS) is 26.1. The minimum Gasteiger partial charge on any atom is -0.336 e. The molecule has 0 radical (unpaired) electrons. The molecule has 0 bridgehead atoms. The van der Waals surface area contributed by atoms with E-state index in [1.165, 1.54) is 0 Å². The molecule has 2 saturated carbocycles. The Balaban J connectivity index is 1.60. The van der Waals surface area contributed by atoms with Crippen molar-refractivity contribution in [2.24, 2.45) is 11.7 Å². The van der Waals surface area contributed by atoms with Gasteiger partial charge >= 0.3 is 0 Å². The first-order valence-electron chi connectivity index (χ1n) is 9.33. The van der Waals surface area contributed by atoms with Gasteiger partial charge < -0.3 is 16.0 Å². The molecule has 2 aliphatic carbocycles. The first kappa shape index (κ1) is 17.9. The summed E-state index contributed by atoms with van der Waals surface area (Å²) >= 11 is 0. The number of hydrogen-bond donors (Lipinski definition) is 2. The second kappa shape index (κ2) is 7.16. The minimum absolute atomic E-state index is 0.0146. The molecule has 0 aliphatic heterocycles. The van der Waals surface area contributed by atoms with Gasteiger partial charge in [-0.3, -0.25) is 9.59 Å². The van der Waals surface area contributed by atoms with Crippen LogP contribution in [0.25, 0.3) is 0 Å². The van der Waals surface area contributed by atoms with Crippen molar-refractivity contribution in [1.82, 2.24) is 4.90 Å². The van der Waals surface area contributed by atoms with Crippen molar-refractivity contribution in [3.05, 3.63) is 29.8 Å². The van der Waals surface area contributed by atoms with Crippen LogP contribution < -0.4 is 11.1 Å². The fourth-order valence-corrected chi connectivity index (χ4v) is 3.79. The maximum absolute atomic E-state index is 12.6. The molecule has 0 aromatic heterocycles. The highest BCUT2D eigenvalue weighted by atomic mass is 16.2. The Labute approximate surface area is 150 Å². The molecule has 2 unspecified atom stereocenters. The van der Waals surface area contributed by atoms with Crippen LogP contribution in [0.5, 0.6) is 0 Å². The highest BCUT2D eigenvalue weighted by Gasteiger charge is 2.37. The average Bonchev–Trinajstić information content (AvgIpc) is 3.38. The van der Waals surface area contributed by atoms with E-state index in [4.69, 9.17) is 5.73 Å². The van der Waals surface area contributed by atoms with Gasteiger partial charge in [0.15, 0.2) is 0 Å². The first-order valence-corrected chi connectivity index (χ1v) is 9.33. The third-order valence-electron chi connectivity index (χ3n) is 5.54. The number of anilines is 1. The predicted octanol–water partition coefficient (Wildman–Crippen LogP) is 3.04. The second-order valence-corrected chi connectivity index (χ2v) is 7.87. The van der Waals surface area contributed by atoms with Gasteiger partial charge in [0.1, 0.15) is 0 Å². The monoisotopic (exact) mass is 343 g/mol. The van der Waals surface area contributed by atoms with Crippen molar-refractivity contribution in [2.45, 2.75) is 70.5 Å². The second-order valence-electron chi connectivity index (χ2n) is 7.87. The van der Waals surface area contributed by atoms with E-state index in [0.717, 1.165) is 49.8 Å². The largest absolute Gasteiger partial charge is 0.336 e. The Morgan fingerprint density at radius 3 is 2.44 bits per heavy atom. The topological polar surface area (TPSA) is 75.4 Å². The van der Waals surface area contributed by atoms with Gasteiger partial charge in [-0.1, -0.05) is 25.0 Å². The molecule has 2 amide bonds. The highest BCUT2D eigenvalue weighted by Crippen LogP contribution is 2.32. The number of benzene rings is 1. The summed E-state index contributed by atoms with van der Waals surface area (Å²) in [6.45, 7) is 4.24. The Bertz CT molecular complexity index is 635. The molecular formula is C20H29N3O2. The van der Waals surface area contributed by atoms with Crippen molar-refractivity contribution in [1.29, 1.82) is 0 Å². The van der Waals surface area contributed by atoms with Crippen LogP contribution in [0.3, 0.4) is 0 Å². The molecule has 0 spiro atoms. The van der Waals surface area contributed by atoms with Gasteiger partial charge in [-0.25, -0.2) is 0 Å². The average molecular weight is 343 g/mol. The summed E-state index contributed by atoms with van der Waals surface area (Å²) < 4.78 is 0. The summed E-state index contributed by atoms with van der Waals surface area (Å²) in [5.41, 5.74) is 7.77. The molecule has 2 fully saturated rings. The summed E-state index contributed by atoms with van der Waals surface area (Å²) in [5.74, 6) is 0.00389. The fraction of sp³-hybridized carbons (Fsp3) is 0.600. The third-order valence-corrected chi connectivity index (χ3v) is 5.54. The number of amides is 2. The lowest BCUT2D eigenvalue weighted by atomic mass is 9.74. The van der Waals surface area contributed by atoms with E-state index in [1.54, 1.807) is 6.92 Å². The number of nitrogens with zero attached hydrogens (tertiary/aromatic N) is 1. The lowest BCUT2D eigenvalue weighted by molar-refractivity contribution is -0.130. The molecule has 0 saturated heterocycles. The molecule has 1 aromatic rings. The molecule has 1 aromatic carbocycles. The number of hydrogen-bond acceptors (Lipinski definition) is 3. The van der Waals surface area contributed by atoms with Crippen LogP contribution in [0.1, 0.15) is 57.9 Å². The van der Waals surface area contributed by atoms with E-state index in [1.807, 2.05) is 36.1 Å². The van der Waals surface area contributed by atoms with E-state index >= 15 is 0 Å². The Morgan fingerprint density at radius 1 is 1.20 bits per heavy atom. The van der Waals surface area contributed by atoms with E-state index in [0.29, 0.717) is 12.6 Å². The standard InChI is InChI=1S/C20H29N3O2/c1-14(24)23(17-10-11-17)13-15-6-8-16(9-7-15)22-19(25)18-5-3-4-12-20(18,2)21/h6-9,17-18H,3-5,10-13,21H2,1-2H3,(H,22,25). The number of carbonyl (C=O) groups excluding carboxylic acids is 2. The van der Waals surface area contributed by atoms with Crippen LogP contribution >= 0.6 is 0 Å². The number of nitrogens with one attached hydrogen (secondary N) is 1. The maximum atomic E-state index is 12.6. The zero-order chi connectivity index (χ0) is 18.0. The third kappa shape index (κ3) is 4.40. The lowest BCUT2D eigenvalue weighted by Crippen LogP contribution is -2.51. The molecule has 3 rings (SSSR count). The van der Waals surface area contributed by atoms with Crippen molar-refractivity contribution in [3.8, 4) is 0 Å². The summed E-state index contributed by atoms with van der Waals surface area (Å²) in [6.07, 6.45) is 6.11. The Kier molecular flexibility index (Phi) is 5.13. The van der Waals surface area contributed by atoms with Crippen molar-refractivity contribution in [3.63, 3.8) is 0 Å². The summed E-state index contributed by atoms with van der Waals surface area (Å²) in [4.78, 5) is 26.3. The summed E-state index contributed by atoms with van der Waals surface area (Å²) in [7, 11) is 0. The number of nitrogens with two attached hydrogens (primary N) is 1. The number of rotatable bonds is 5. The van der Waals surface area contributed by atoms with Crippen LogP contribution in [-0.2, 0) is 16.1 Å². The molecule has 2 atom stereocenters. The molecule has 25 heavy (non-hydrogen) atoms. The minimum atomic E-state index is -0.422. The summed E-state index contributed by atoms with van der Waals surface area (Å²) in [5, 5.41) is 3.01. The summed E-state index contributed by atoms with van der Waals surface area (Å²) in [6, 6.07) is 8.20. The van der Waals surface area contributed by atoms with Crippen molar-refractivity contribution >= 4 is 17.5 Å². The zero-order valence-corrected chi connectivity index (χ0v) is 15.3. The van der Waals surface area contributed by atoms with Crippen LogP contribution in [0.4, 0.5) is 5.69 Å². The van der Waals surface area contributed by atoms with Gasteiger partial charge in [0, 0.05) is 30.7 Å². The van der Waals surface area contributed by atoms with Crippen molar-refractivity contribution < 1.29 is 9.59 Å². The van der Waals surface area contributed by atoms with Gasteiger partial charge in [0.25, 0.3) is 0 Å². The van der Waals surface area contributed by atoms with Gasteiger partial charge in [-0.15, -0.1) is 0 Å². The quantitative estimate of drug-likeness (QED) is 0.863. The van der Waals surface area contributed by atoms with Gasteiger partial charge in [0.05, 0.1) is 5.92 Å². The fourth-order valence-electron chi connectivity index (χ4n) is 3.79. The maximum Gasteiger partial charge on any atom is 0.229 e. The number of carbonyl (C=O) groups is 2. The van der Waals surface area contributed by atoms with E-state index in [9.17, 15) is 9.59 Å². The molecule has 5 heteroatoms. The Morgan fingerprint density at radius 2 is 1.88 bits per heavy atom. The molecular weight excluding hydrogens is 314 g/mol. The van der Waals surface area contributed by atoms with Crippen LogP contribution in [-0.4, -0.2) is 28.3 Å². The lowest BCUT2D eigenvalue weighted by Gasteiger charge is -2.37. The molecule has 2 aliphatic rings. The molecule has 5 nitrogen and oxygen atoms in total. The highest BCUT2D eigenvalue weighted by molar-refractivity contribution is 5.93. The molecule has 3 N–H and O–H groups in total. The van der Waals surface area contributed by atoms with Gasteiger partial charge in [-0.2, -0.15) is 0 Å².